The van der Waals surface area contributed by atoms with Gasteiger partial charge in [-0.3, -0.25) is 0 Å². The van der Waals surface area contributed by atoms with Crippen LogP contribution in [-0.2, 0) is 14.8 Å². The van der Waals surface area contributed by atoms with Gasteiger partial charge in [-0.1, -0.05) is 0 Å². The molecule has 264 valence electrons. The lowest BCUT2D eigenvalue weighted by Gasteiger charge is -2.39. The van der Waals surface area contributed by atoms with E-state index in [1.54, 1.807) is 4.90 Å². The van der Waals surface area contributed by atoms with Crippen molar-refractivity contribution >= 4 is 22.1 Å². The highest BCUT2D eigenvalue weighted by Gasteiger charge is 2.38. The van der Waals surface area contributed by atoms with Gasteiger partial charge in [0, 0.05) is 71.0 Å². The Bertz CT molecular complexity index is 1330. The van der Waals surface area contributed by atoms with Crippen molar-refractivity contribution in [2.24, 2.45) is 11.8 Å². The minimum atomic E-state index is -3.26. The number of likely N-dealkylation sites (tertiary alicyclic amines) is 2. The Morgan fingerprint density at radius 1 is 0.894 bits per heavy atom. The summed E-state index contributed by atoms with van der Waals surface area (Å²) in [5.41, 5.74) is 0.135. The Balaban J connectivity index is 1.09. The lowest BCUT2D eigenvalue weighted by Crippen LogP contribution is -2.48. The van der Waals surface area contributed by atoms with Crippen LogP contribution in [0, 0.1) is 23.5 Å². The van der Waals surface area contributed by atoms with Crippen molar-refractivity contribution in [3.63, 3.8) is 0 Å². The van der Waals surface area contributed by atoms with Crippen LogP contribution in [0.3, 0.4) is 0 Å². The van der Waals surface area contributed by atoms with Crippen LogP contribution in [-0.4, -0.2) is 128 Å². The fourth-order valence-electron chi connectivity index (χ4n) is 7.90. The summed E-state index contributed by atoms with van der Waals surface area (Å²) >= 11 is 0. The van der Waals surface area contributed by atoms with Gasteiger partial charge in [-0.05, 0) is 108 Å². The SMILES string of the molecule is CC(C)(C)OC(=O)N1CCC(CN2CCN(C3CCN(CC[C@@H](c4cc(F)cc(F)c4)C4CCN(S(C)(=O)=O)CC4)CC3)C2=O)CC1. The molecule has 0 aromatic heterocycles. The Morgan fingerprint density at radius 3 is 2.09 bits per heavy atom. The number of benzene rings is 1. The highest BCUT2D eigenvalue weighted by Crippen LogP contribution is 2.37. The number of hydrogen-bond acceptors (Lipinski definition) is 6. The summed E-state index contributed by atoms with van der Waals surface area (Å²) in [6.07, 6.45) is 6.52. The summed E-state index contributed by atoms with van der Waals surface area (Å²) in [5, 5.41) is 0. The normalized spacial score (nSPS) is 22.7. The average Bonchev–Trinajstić information content (AvgIpc) is 3.36. The quantitative estimate of drug-likeness (QED) is 0.366. The number of carbonyl (C=O) groups excluding carboxylic acids is 2. The molecule has 4 heterocycles. The first kappa shape index (κ1) is 35.8. The van der Waals surface area contributed by atoms with E-state index in [0.717, 1.165) is 77.4 Å². The number of ether oxygens (including phenoxy) is 1. The highest BCUT2D eigenvalue weighted by atomic mass is 32.2. The van der Waals surface area contributed by atoms with Crippen molar-refractivity contribution in [3.8, 4) is 0 Å². The summed E-state index contributed by atoms with van der Waals surface area (Å²) in [6.45, 7) is 12.5. The van der Waals surface area contributed by atoms with Gasteiger partial charge in [0.05, 0.1) is 6.26 Å². The zero-order valence-electron chi connectivity index (χ0n) is 28.5. The second-order valence-corrected chi connectivity index (χ2v) is 17.0. The third-order valence-corrected chi connectivity index (χ3v) is 11.8. The van der Waals surface area contributed by atoms with Crippen LogP contribution in [0.5, 0.6) is 0 Å². The number of amides is 3. The van der Waals surface area contributed by atoms with Gasteiger partial charge in [-0.15, -0.1) is 0 Å². The molecule has 13 heteroatoms. The summed E-state index contributed by atoms with van der Waals surface area (Å²) in [6, 6.07) is 4.07. The van der Waals surface area contributed by atoms with Gasteiger partial charge in [-0.25, -0.2) is 31.1 Å². The first-order valence-electron chi connectivity index (χ1n) is 17.3. The predicted octanol–water partition coefficient (Wildman–Crippen LogP) is 4.96. The van der Waals surface area contributed by atoms with Crippen LogP contribution >= 0.6 is 0 Å². The first-order valence-corrected chi connectivity index (χ1v) is 19.2. The Labute approximate surface area is 279 Å². The zero-order chi connectivity index (χ0) is 33.9. The molecule has 1 aromatic carbocycles. The topological polar surface area (TPSA) is 93.7 Å². The summed E-state index contributed by atoms with van der Waals surface area (Å²) < 4.78 is 59.6. The molecular formula is C34H53F2N5O5S. The van der Waals surface area contributed by atoms with E-state index in [4.69, 9.17) is 4.74 Å². The summed E-state index contributed by atoms with van der Waals surface area (Å²) in [5.74, 6) is -0.726. The Hall–Kier alpha value is -2.51. The molecule has 1 aromatic rings. The summed E-state index contributed by atoms with van der Waals surface area (Å²) in [7, 11) is -3.26. The first-order chi connectivity index (χ1) is 22.2. The van der Waals surface area contributed by atoms with Crippen LogP contribution in [0.2, 0.25) is 0 Å². The number of urea groups is 1. The van der Waals surface area contributed by atoms with E-state index in [1.807, 2.05) is 30.6 Å². The van der Waals surface area contributed by atoms with Crippen LogP contribution < -0.4 is 0 Å². The molecule has 0 spiro atoms. The predicted molar refractivity (Wildman–Crippen MR) is 177 cm³/mol. The molecule has 4 aliphatic rings. The smallest absolute Gasteiger partial charge is 0.410 e. The van der Waals surface area contributed by atoms with Gasteiger partial charge in [0.1, 0.15) is 17.2 Å². The molecule has 1 atom stereocenters. The molecule has 0 bridgehead atoms. The minimum Gasteiger partial charge on any atom is -0.444 e. The number of carbonyl (C=O) groups is 2. The maximum absolute atomic E-state index is 14.3. The third-order valence-electron chi connectivity index (χ3n) is 10.5. The van der Waals surface area contributed by atoms with Crippen LogP contribution in [0.1, 0.15) is 77.2 Å². The molecule has 47 heavy (non-hydrogen) atoms. The van der Waals surface area contributed by atoms with Gasteiger partial charge in [0.25, 0.3) is 0 Å². The summed E-state index contributed by atoms with van der Waals surface area (Å²) in [4.78, 5) is 34.0. The van der Waals surface area contributed by atoms with Crippen molar-refractivity contribution in [3.05, 3.63) is 35.4 Å². The van der Waals surface area contributed by atoms with Crippen LogP contribution in [0.25, 0.3) is 0 Å². The second-order valence-electron chi connectivity index (χ2n) is 15.0. The molecule has 3 amide bonds. The highest BCUT2D eigenvalue weighted by molar-refractivity contribution is 7.88. The fourth-order valence-corrected chi connectivity index (χ4v) is 8.77. The Kier molecular flexibility index (Phi) is 11.4. The van der Waals surface area contributed by atoms with E-state index in [1.165, 1.54) is 22.7 Å². The number of nitrogens with zero attached hydrogens (tertiary/aromatic N) is 5. The standard InChI is InChI=1S/C34H53F2N5O5S/c1-34(2,3)46-33(43)38-15-5-25(6-16-38)24-39-19-20-41(32(39)42)30-9-12-37(13-10-30)14-11-31(27-21-28(35)23-29(36)22-27)26-7-17-40(18-8-26)47(4,44)45/h21-23,25-26,30-31H,5-20,24H2,1-4H3/t31-/m1/s1. The van der Waals surface area contributed by atoms with Gasteiger partial charge >= 0.3 is 12.1 Å². The lowest BCUT2D eigenvalue weighted by molar-refractivity contribution is 0.0175. The van der Waals surface area contributed by atoms with Crippen molar-refractivity contribution in [2.45, 2.75) is 83.3 Å². The molecule has 0 N–H and O–H groups in total. The van der Waals surface area contributed by atoms with Crippen LogP contribution in [0.15, 0.2) is 18.2 Å². The third kappa shape index (κ3) is 9.56. The van der Waals surface area contributed by atoms with Gasteiger partial charge in [-0.2, -0.15) is 0 Å². The maximum atomic E-state index is 14.3. The van der Waals surface area contributed by atoms with E-state index in [0.29, 0.717) is 50.5 Å². The zero-order valence-corrected chi connectivity index (χ0v) is 29.3. The van der Waals surface area contributed by atoms with Crippen molar-refractivity contribution in [1.82, 2.24) is 23.9 Å². The molecule has 10 nitrogen and oxygen atoms in total. The maximum Gasteiger partial charge on any atom is 0.410 e. The van der Waals surface area contributed by atoms with Crippen molar-refractivity contribution in [1.29, 1.82) is 0 Å². The van der Waals surface area contributed by atoms with E-state index in [-0.39, 0.29) is 30.0 Å². The molecule has 0 radical (unpaired) electrons. The molecule has 0 aliphatic carbocycles. The van der Waals surface area contributed by atoms with Gasteiger partial charge in [0.2, 0.25) is 10.0 Å². The van der Waals surface area contributed by atoms with E-state index < -0.39 is 27.3 Å². The molecule has 0 saturated carbocycles. The molecule has 4 saturated heterocycles. The van der Waals surface area contributed by atoms with Gasteiger partial charge < -0.3 is 24.3 Å². The molecule has 4 aliphatic heterocycles. The average molecular weight is 682 g/mol. The molecule has 5 rings (SSSR count). The number of piperidine rings is 3. The molecular weight excluding hydrogens is 628 g/mol. The number of rotatable bonds is 9. The minimum absolute atomic E-state index is 0.0654. The molecule has 4 fully saturated rings. The monoisotopic (exact) mass is 681 g/mol. The number of halogens is 2. The fraction of sp³-hybridized carbons (Fsp3) is 0.765. The number of sulfonamides is 1. The van der Waals surface area contributed by atoms with E-state index in [9.17, 15) is 26.8 Å². The van der Waals surface area contributed by atoms with Crippen LogP contribution in [0.4, 0.5) is 18.4 Å². The molecule has 0 unspecified atom stereocenters. The Morgan fingerprint density at radius 2 is 1.51 bits per heavy atom. The van der Waals surface area contributed by atoms with Gasteiger partial charge in [0.15, 0.2) is 0 Å². The van der Waals surface area contributed by atoms with Crippen molar-refractivity contribution < 1.29 is 31.5 Å². The van der Waals surface area contributed by atoms with E-state index >= 15 is 0 Å². The second kappa shape index (κ2) is 14.9. The largest absolute Gasteiger partial charge is 0.444 e. The van der Waals surface area contributed by atoms with Crippen molar-refractivity contribution in [2.75, 3.05) is 71.7 Å². The van der Waals surface area contributed by atoms with E-state index in [2.05, 4.69) is 4.90 Å². The number of hydrogen-bond donors (Lipinski definition) is 0. The lowest BCUT2D eigenvalue weighted by atomic mass is 9.78.